The summed E-state index contributed by atoms with van der Waals surface area (Å²) in [4.78, 5) is 0. The summed E-state index contributed by atoms with van der Waals surface area (Å²) < 4.78 is 10.4. The lowest BCUT2D eigenvalue weighted by molar-refractivity contribution is -0.256. The van der Waals surface area contributed by atoms with Crippen LogP contribution in [0, 0.1) is 12.3 Å². The third kappa shape index (κ3) is 3.45. The van der Waals surface area contributed by atoms with Crippen LogP contribution in [0.1, 0.15) is 12.8 Å². The van der Waals surface area contributed by atoms with Crippen LogP contribution in [0.25, 0.3) is 0 Å². The zero-order valence-electron chi connectivity index (χ0n) is 8.37. The number of aliphatic hydroxyl groups excluding tert-OH is 3. The maximum atomic E-state index is 9.44. The van der Waals surface area contributed by atoms with E-state index in [0.29, 0.717) is 13.0 Å². The standard InChI is InChI=1S/C10H16O5/c1-2-3-4-14-9-5-7(12)10(13)8(6-11)15-9/h1,7-13H,3-6H2/t7-,8-,9-,10-/m1/s1. The van der Waals surface area contributed by atoms with Gasteiger partial charge in [0.25, 0.3) is 0 Å². The van der Waals surface area contributed by atoms with E-state index in [4.69, 9.17) is 21.0 Å². The highest BCUT2D eigenvalue weighted by Crippen LogP contribution is 2.20. The van der Waals surface area contributed by atoms with E-state index in [0.717, 1.165) is 0 Å². The quantitative estimate of drug-likeness (QED) is 0.409. The summed E-state index contributed by atoms with van der Waals surface area (Å²) in [7, 11) is 0. The fraction of sp³-hybridized carbons (Fsp3) is 0.800. The summed E-state index contributed by atoms with van der Waals surface area (Å²) >= 11 is 0. The van der Waals surface area contributed by atoms with Gasteiger partial charge in [-0.2, -0.15) is 0 Å². The molecule has 1 heterocycles. The zero-order chi connectivity index (χ0) is 11.3. The Morgan fingerprint density at radius 3 is 2.80 bits per heavy atom. The molecule has 0 aromatic carbocycles. The summed E-state index contributed by atoms with van der Waals surface area (Å²) in [5, 5.41) is 27.7. The number of rotatable bonds is 4. The molecule has 0 amide bonds. The van der Waals surface area contributed by atoms with Gasteiger partial charge in [-0.3, -0.25) is 0 Å². The predicted molar refractivity (Wildman–Crippen MR) is 51.8 cm³/mol. The van der Waals surface area contributed by atoms with Crippen LogP contribution in [0.5, 0.6) is 0 Å². The number of terminal acetylenes is 1. The molecule has 0 radical (unpaired) electrons. The Kier molecular flexibility index (Phi) is 5.02. The maximum Gasteiger partial charge on any atom is 0.160 e. The van der Waals surface area contributed by atoms with E-state index in [-0.39, 0.29) is 13.0 Å². The molecule has 5 heteroatoms. The third-order valence-corrected chi connectivity index (χ3v) is 2.27. The van der Waals surface area contributed by atoms with Crippen LogP contribution < -0.4 is 0 Å². The lowest BCUT2D eigenvalue weighted by Gasteiger charge is -2.35. The molecule has 0 saturated carbocycles. The molecule has 0 unspecified atom stereocenters. The minimum Gasteiger partial charge on any atom is -0.394 e. The summed E-state index contributed by atoms with van der Waals surface area (Å²) in [5.41, 5.74) is 0. The van der Waals surface area contributed by atoms with Crippen molar-refractivity contribution >= 4 is 0 Å². The van der Waals surface area contributed by atoms with Crippen molar-refractivity contribution in [2.24, 2.45) is 0 Å². The molecule has 1 aliphatic rings. The number of hydrogen-bond acceptors (Lipinski definition) is 5. The van der Waals surface area contributed by atoms with Crippen LogP contribution in [-0.4, -0.2) is 53.1 Å². The third-order valence-electron chi connectivity index (χ3n) is 2.27. The van der Waals surface area contributed by atoms with E-state index >= 15 is 0 Å². The summed E-state index contributed by atoms with van der Waals surface area (Å²) in [5.74, 6) is 2.41. The van der Waals surface area contributed by atoms with Gasteiger partial charge in [-0.1, -0.05) is 0 Å². The first-order chi connectivity index (χ1) is 7.19. The van der Waals surface area contributed by atoms with Gasteiger partial charge in [0.1, 0.15) is 12.2 Å². The SMILES string of the molecule is C#CCCO[C@H]1C[C@@H](O)[C@@H](O)[C@@H](CO)O1. The van der Waals surface area contributed by atoms with Gasteiger partial charge in [0.2, 0.25) is 0 Å². The Hall–Kier alpha value is -0.640. The van der Waals surface area contributed by atoms with Gasteiger partial charge in [-0.25, -0.2) is 0 Å². The second-order valence-electron chi connectivity index (χ2n) is 3.41. The lowest BCUT2D eigenvalue weighted by Crippen LogP contribution is -2.50. The highest BCUT2D eigenvalue weighted by atomic mass is 16.7. The van der Waals surface area contributed by atoms with Gasteiger partial charge in [0.15, 0.2) is 6.29 Å². The average Bonchev–Trinajstić information content (AvgIpc) is 2.23. The van der Waals surface area contributed by atoms with E-state index in [9.17, 15) is 10.2 Å². The second-order valence-corrected chi connectivity index (χ2v) is 3.41. The summed E-state index contributed by atoms with van der Waals surface area (Å²) in [6, 6.07) is 0. The number of hydrogen-bond donors (Lipinski definition) is 3. The van der Waals surface area contributed by atoms with Gasteiger partial charge >= 0.3 is 0 Å². The predicted octanol–water partition coefficient (Wildman–Crippen LogP) is -1.14. The largest absolute Gasteiger partial charge is 0.394 e. The molecule has 15 heavy (non-hydrogen) atoms. The van der Waals surface area contributed by atoms with Gasteiger partial charge in [-0.15, -0.1) is 12.3 Å². The van der Waals surface area contributed by atoms with Crippen LogP contribution in [0.15, 0.2) is 0 Å². The van der Waals surface area contributed by atoms with Crippen molar-refractivity contribution in [3.63, 3.8) is 0 Å². The molecule has 1 aliphatic heterocycles. The van der Waals surface area contributed by atoms with Crippen LogP contribution in [0.4, 0.5) is 0 Å². The smallest absolute Gasteiger partial charge is 0.160 e. The van der Waals surface area contributed by atoms with Crippen LogP contribution in [0.2, 0.25) is 0 Å². The molecule has 0 aromatic heterocycles. The Balaban J connectivity index is 2.38. The molecule has 3 N–H and O–H groups in total. The monoisotopic (exact) mass is 216 g/mol. The van der Waals surface area contributed by atoms with Crippen molar-refractivity contribution in [1.29, 1.82) is 0 Å². The topological polar surface area (TPSA) is 79.2 Å². The minimum absolute atomic E-state index is 0.183. The van der Waals surface area contributed by atoms with Gasteiger partial charge in [0.05, 0.1) is 19.3 Å². The molecule has 1 saturated heterocycles. The van der Waals surface area contributed by atoms with Crippen LogP contribution in [0.3, 0.4) is 0 Å². The second kappa shape index (κ2) is 6.05. The molecule has 4 atom stereocenters. The van der Waals surface area contributed by atoms with E-state index in [1.54, 1.807) is 0 Å². The first kappa shape index (κ1) is 12.4. The molecule has 0 aliphatic carbocycles. The van der Waals surface area contributed by atoms with Crippen LogP contribution in [-0.2, 0) is 9.47 Å². The molecular weight excluding hydrogens is 200 g/mol. The van der Waals surface area contributed by atoms with Crippen molar-refractivity contribution in [3.05, 3.63) is 0 Å². The summed E-state index contributed by atoms with van der Waals surface area (Å²) in [6.07, 6.45) is 2.27. The first-order valence-electron chi connectivity index (χ1n) is 4.86. The number of ether oxygens (including phenoxy) is 2. The molecule has 1 rings (SSSR count). The highest BCUT2D eigenvalue weighted by molar-refractivity contribution is 4.84. The highest BCUT2D eigenvalue weighted by Gasteiger charge is 2.36. The minimum atomic E-state index is -1.07. The van der Waals surface area contributed by atoms with Crippen molar-refractivity contribution < 1.29 is 24.8 Å². The maximum absolute atomic E-state index is 9.44. The van der Waals surface area contributed by atoms with Crippen molar-refractivity contribution in [1.82, 2.24) is 0 Å². The molecule has 0 aromatic rings. The molecule has 1 fully saturated rings. The molecule has 86 valence electrons. The van der Waals surface area contributed by atoms with Crippen LogP contribution >= 0.6 is 0 Å². The lowest BCUT2D eigenvalue weighted by atomic mass is 10.0. The molecule has 5 nitrogen and oxygen atoms in total. The normalized spacial score (nSPS) is 36.1. The van der Waals surface area contributed by atoms with E-state index in [1.807, 2.05) is 0 Å². The molecule has 0 bridgehead atoms. The Morgan fingerprint density at radius 1 is 1.47 bits per heavy atom. The average molecular weight is 216 g/mol. The van der Waals surface area contributed by atoms with Crippen molar-refractivity contribution in [2.45, 2.75) is 37.4 Å². The van der Waals surface area contributed by atoms with E-state index in [2.05, 4.69) is 5.92 Å². The Labute approximate surface area is 88.6 Å². The Bertz CT molecular complexity index is 224. The molecule has 0 spiro atoms. The van der Waals surface area contributed by atoms with Gasteiger partial charge < -0.3 is 24.8 Å². The Morgan fingerprint density at radius 2 is 2.20 bits per heavy atom. The number of aliphatic hydroxyl groups is 3. The molecular formula is C10H16O5. The van der Waals surface area contributed by atoms with Crippen molar-refractivity contribution in [3.8, 4) is 12.3 Å². The summed E-state index contributed by atoms with van der Waals surface area (Å²) in [6.45, 7) is -0.0185. The van der Waals surface area contributed by atoms with E-state index < -0.39 is 24.6 Å². The van der Waals surface area contributed by atoms with Gasteiger partial charge in [-0.05, 0) is 0 Å². The van der Waals surface area contributed by atoms with E-state index in [1.165, 1.54) is 0 Å². The van der Waals surface area contributed by atoms with Gasteiger partial charge in [0, 0.05) is 12.8 Å². The fourth-order valence-corrected chi connectivity index (χ4v) is 1.42. The fourth-order valence-electron chi connectivity index (χ4n) is 1.42. The zero-order valence-corrected chi connectivity index (χ0v) is 8.37. The first-order valence-corrected chi connectivity index (χ1v) is 4.86. The van der Waals surface area contributed by atoms with Crippen molar-refractivity contribution in [2.75, 3.05) is 13.2 Å².